The average molecular weight is 270 g/mol. The molecular weight excluding hydrogens is 244 g/mol. The van der Waals surface area contributed by atoms with E-state index in [-0.39, 0.29) is 24.2 Å². The van der Waals surface area contributed by atoms with E-state index >= 15 is 0 Å². The van der Waals surface area contributed by atoms with E-state index in [0.717, 1.165) is 32.4 Å². The normalized spacial score (nSPS) is 21.1. The molecule has 19 heavy (non-hydrogen) atoms. The summed E-state index contributed by atoms with van der Waals surface area (Å²) in [5.41, 5.74) is 0. The maximum absolute atomic E-state index is 12.0. The molecule has 1 saturated heterocycles. The number of amides is 1. The largest absolute Gasteiger partial charge is 0.481 e. The van der Waals surface area contributed by atoms with Crippen molar-refractivity contribution in [3.63, 3.8) is 0 Å². The minimum Gasteiger partial charge on any atom is -0.481 e. The maximum atomic E-state index is 12.0. The summed E-state index contributed by atoms with van der Waals surface area (Å²) in [6, 6.07) is 0. The number of aliphatic carboxylic acids is 1. The molecule has 3 N–H and O–H groups in total. The van der Waals surface area contributed by atoms with Crippen molar-refractivity contribution in [1.29, 1.82) is 0 Å². The molecule has 0 spiro atoms. The SMILES string of the molecule is CC(C)C[C@@H](CNC(=O)[C@H]1CCCNC1)CC(=O)O. The first-order valence-corrected chi connectivity index (χ1v) is 7.19. The van der Waals surface area contributed by atoms with Gasteiger partial charge in [-0.2, -0.15) is 0 Å². The van der Waals surface area contributed by atoms with Crippen molar-refractivity contribution in [3.05, 3.63) is 0 Å². The molecule has 0 unspecified atom stereocenters. The van der Waals surface area contributed by atoms with E-state index in [1.54, 1.807) is 0 Å². The smallest absolute Gasteiger partial charge is 0.303 e. The van der Waals surface area contributed by atoms with E-state index in [2.05, 4.69) is 24.5 Å². The molecule has 1 rings (SSSR count). The van der Waals surface area contributed by atoms with Gasteiger partial charge in [-0.15, -0.1) is 0 Å². The maximum Gasteiger partial charge on any atom is 0.303 e. The number of carbonyl (C=O) groups is 2. The average Bonchev–Trinajstić information content (AvgIpc) is 2.35. The number of piperidine rings is 1. The first-order valence-electron chi connectivity index (χ1n) is 7.19. The molecule has 0 aromatic carbocycles. The summed E-state index contributed by atoms with van der Waals surface area (Å²) in [5, 5.41) is 15.0. The van der Waals surface area contributed by atoms with E-state index in [0.29, 0.717) is 12.5 Å². The van der Waals surface area contributed by atoms with Crippen LogP contribution >= 0.6 is 0 Å². The Balaban J connectivity index is 2.36. The molecule has 110 valence electrons. The highest BCUT2D eigenvalue weighted by molar-refractivity contribution is 5.79. The van der Waals surface area contributed by atoms with Gasteiger partial charge < -0.3 is 15.7 Å². The highest BCUT2D eigenvalue weighted by Gasteiger charge is 2.22. The van der Waals surface area contributed by atoms with Crippen molar-refractivity contribution >= 4 is 11.9 Å². The number of carbonyl (C=O) groups excluding carboxylic acids is 1. The van der Waals surface area contributed by atoms with Crippen LogP contribution in [0.1, 0.15) is 39.5 Å². The van der Waals surface area contributed by atoms with Crippen molar-refractivity contribution in [3.8, 4) is 0 Å². The Labute approximate surface area is 115 Å². The van der Waals surface area contributed by atoms with Crippen LogP contribution in [-0.4, -0.2) is 36.6 Å². The van der Waals surface area contributed by atoms with Gasteiger partial charge in [0.15, 0.2) is 0 Å². The van der Waals surface area contributed by atoms with Gasteiger partial charge in [0.05, 0.1) is 5.92 Å². The van der Waals surface area contributed by atoms with Crippen LogP contribution in [0.4, 0.5) is 0 Å². The van der Waals surface area contributed by atoms with Gasteiger partial charge in [0.25, 0.3) is 0 Å². The van der Waals surface area contributed by atoms with Gasteiger partial charge in [-0.1, -0.05) is 13.8 Å². The molecule has 1 aliphatic rings. The van der Waals surface area contributed by atoms with E-state index in [4.69, 9.17) is 5.11 Å². The number of carboxylic acid groups (broad SMARTS) is 1. The fourth-order valence-electron chi connectivity index (χ4n) is 2.62. The predicted molar refractivity (Wildman–Crippen MR) is 73.8 cm³/mol. The zero-order valence-corrected chi connectivity index (χ0v) is 11.9. The van der Waals surface area contributed by atoms with Crippen molar-refractivity contribution in [2.24, 2.45) is 17.8 Å². The second-order valence-corrected chi connectivity index (χ2v) is 5.88. The Morgan fingerprint density at radius 1 is 1.42 bits per heavy atom. The molecule has 1 heterocycles. The molecule has 0 aliphatic carbocycles. The predicted octanol–water partition coefficient (Wildman–Crippen LogP) is 1.24. The van der Waals surface area contributed by atoms with Gasteiger partial charge >= 0.3 is 5.97 Å². The topological polar surface area (TPSA) is 78.4 Å². The van der Waals surface area contributed by atoms with Crippen LogP contribution in [0, 0.1) is 17.8 Å². The molecule has 0 aromatic rings. The van der Waals surface area contributed by atoms with Crippen molar-refractivity contribution in [2.45, 2.75) is 39.5 Å². The Bertz CT molecular complexity index is 299. The molecule has 0 aromatic heterocycles. The number of carboxylic acids is 1. The van der Waals surface area contributed by atoms with Gasteiger partial charge in [-0.3, -0.25) is 9.59 Å². The fraction of sp³-hybridized carbons (Fsp3) is 0.857. The summed E-state index contributed by atoms with van der Waals surface area (Å²) < 4.78 is 0. The fourth-order valence-corrected chi connectivity index (χ4v) is 2.62. The van der Waals surface area contributed by atoms with E-state index < -0.39 is 5.97 Å². The van der Waals surface area contributed by atoms with E-state index in [1.807, 2.05) is 0 Å². The minimum absolute atomic E-state index is 0.0259. The van der Waals surface area contributed by atoms with Crippen molar-refractivity contribution in [1.82, 2.24) is 10.6 Å². The van der Waals surface area contributed by atoms with Crippen LogP contribution < -0.4 is 10.6 Å². The highest BCUT2D eigenvalue weighted by Crippen LogP contribution is 2.15. The molecule has 0 bridgehead atoms. The number of rotatable bonds is 7. The minimum atomic E-state index is -0.792. The highest BCUT2D eigenvalue weighted by atomic mass is 16.4. The monoisotopic (exact) mass is 270 g/mol. The van der Waals surface area contributed by atoms with Gasteiger partial charge in [-0.05, 0) is 37.6 Å². The third-order valence-corrected chi connectivity index (χ3v) is 3.50. The van der Waals surface area contributed by atoms with Crippen LogP contribution in [0.3, 0.4) is 0 Å². The molecule has 2 atom stereocenters. The van der Waals surface area contributed by atoms with Crippen molar-refractivity contribution < 1.29 is 14.7 Å². The second kappa shape index (κ2) is 8.15. The van der Waals surface area contributed by atoms with Gasteiger partial charge in [0.2, 0.25) is 5.91 Å². The lowest BCUT2D eigenvalue weighted by atomic mass is 9.93. The standard InChI is InChI=1S/C14H26N2O3/c1-10(2)6-11(7-13(17)18)8-16-14(19)12-4-3-5-15-9-12/h10-12,15H,3-9H2,1-2H3,(H,16,19)(H,17,18)/t11-,12+/m1/s1. The first kappa shape index (κ1) is 16.0. The summed E-state index contributed by atoms with van der Waals surface area (Å²) in [5.74, 6) is -0.223. The third kappa shape index (κ3) is 6.57. The Hall–Kier alpha value is -1.10. The molecular formula is C14H26N2O3. The summed E-state index contributed by atoms with van der Waals surface area (Å²) >= 11 is 0. The van der Waals surface area contributed by atoms with Crippen LogP contribution in [0.5, 0.6) is 0 Å². The lowest BCUT2D eigenvalue weighted by Gasteiger charge is -2.24. The number of nitrogens with one attached hydrogen (secondary N) is 2. The summed E-state index contributed by atoms with van der Waals surface area (Å²) in [6.45, 7) is 6.33. The summed E-state index contributed by atoms with van der Waals surface area (Å²) in [4.78, 5) is 22.8. The van der Waals surface area contributed by atoms with E-state index in [1.165, 1.54) is 0 Å². The quantitative estimate of drug-likeness (QED) is 0.650. The van der Waals surface area contributed by atoms with Gasteiger partial charge in [0.1, 0.15) is 0 Å². The first-order chi connectivity index (χ1) is 8.99. The molecule has 1 fully saturated rings. The Morgan fingerprint density at radius 3 is 2.68 bits per heavy atom. The molecule has 0 radical (unpaired) electrons. The van der Waals surface area contributed by atoms with Crippen molar-refractivity contribution in [2.75, 3.05) is 19.6 Å². The second-order valence-electron chi connectivity index (χ2n) is 5.88. The number of hydrogen-bond acceptors (Lipinski definition) is 3. The van der Waals surface area contributed by atoms with Crippen LogP contribution in [0.15, 0.2) is 0 Å². The lowest BCUT2D eigenvalue weighted by molar-refractivity contribution is -0.138. The molecule has 1 amide bonds. The third-order valence-electron chi connectivity index (χ3n) is 3.50. The Kier molecular flexibility index (Phi) is 6.84. The van der Waals surface area contributed by atoms with Crippen LogP contribution in [0.25, 0.3) is 0 Å². The van der Waals surface area contributed by atoms with Gasteiger partial charge in [0, 0.05) is 19.5 Å². The van der Waals surface area contributed by atoms with Gasteiger partial charge in [-0.25, -0.2) is 0 Å². The van der Waals surface area contributed by atoms with Crippen LogP contribution in [0.2, 0.25) is 0 Å². The van der Waals surface area contributed by atoms with E-state index in [9.17, 15) is 9.59 Å². The summed E-state index contributed by atoms with van der Waals surface area (Å²) in [6.07, 6.45) is 2.91. The molecule has 0 saturated carbocycles. The zero-order valence-electron chi connectivity index (χ0n) is 11.9. The molecule has 5 heteroatoms. The Morgan fingerprint density at radius 2 is 2.16 bits per heavy atom. The molecule has 1 aliphatic heterocycles. The number of hydrogen-bond donors (Lipinski definition) is 3. The molecule has 5 nitrogen and oxygen atoms in total. The zero-order chi connectivity index (χ0) is 14.3. The lowest BCUT2D eigenvalue weighted by Crippen LogP contribution is -2.42. The summed E-state index contributed by atoms with van der Waals surface area (Å²) in [7, 11) is 0. The van der Waals surface area contributed by atoms with Crippen LogP contribution in [-0.2, 0) is 9.59 Å².